The number of benzene rings is 2. The summed E-state index contributed by atoms with van der Waals surface area (Å²) in [6.45, 7) is 2.09. The Morgan fingerprint density at radius 3 is 1.09 bits per heavy atom. The van der Waals surface area contributed by atoms with Crippen LogP contribution in [0.25, 0.3) is 12.2 Å². The van der Waals surface area contributed by atoms with E-state index in [4.69, 9.17) is 0 Å². The molecule has 0 amide bonds. The van der Waals surface area contributed by atoms with Crippen LogP contribution < -0.4 is 150 Å². The third-order valence-corrected chi connectivity index (χ3v) is 10.4. The van der Waals surface area contributed by atoms with E-state index in [0.717, 1.165) is 24.3 Å². The Balaban J connectivity index is 0.00000992. The van der Waals surface area contributed by atoms with Crippen LogP contribution in [0.3, 0.4) is 0 Å². The van der Waals surface area contributed by atoms with Crippen LogP contribution in [-0.4, -0.2) is 142 Å². The van der Waals surface area contributed by atoms with Gasteiger partial charge in [0.2, 0.25) is 35.7 Å². The Bertz CT molecular complexity index is 2490. The molecular weight excluding hydrogens is 973 g/mol. The molecule has 0 saturated heterocycles. The van der Waals surface area contributed by atoms with Crippen molar-refractivity contribution in [3.05, 3.63) is 47.5 Å². The van der Waals surface area contributed by atoms with Gasteiger partial charge in [-0.1, -0.05) is 24.3 Å². The molecule has 2 atom stereocenters. The third kappa shape index (κ3) is 22.6. The Morgan fingerprint density at radius 2 is 0.812 bits per heavy atom. The fourth-order valence-corrected chi connectivity index (χ4v) is 6.70. The number of rotatable bonds is 22. The van der Waals surface area contributed by atoms with E-state index in [-0.39, 0.29) is 203 Å². The average Bonchev–Trinajstić information content (AvgIpc) is 3.11. The van der Waals surface area contributed by atoms with Crippen LogP contribution in [0.15, 0.2) is 46.2 Å². The Labute approximate surface area is 457 Å². The van der Waals surface area contributed by atoms with Gasteiger partial charge >= 0.3 is 118 Å². The molecule has 0 aliphatic rings. The smallest absolute Gasteiger partial charge is 0.748 e. The standard InChI is InChI=1S/C30H40N12O14S4.4Na/c1-17(43)15-33-27-37-25(31-9-11-57(45,46)47)39-29(41-27)35-21-7-5-19(23(13-21)59(51,52)53)3-4-20-6-8-22(14-24(20)60(54,55)56)36-30-40-26(32-10-12-58(48,49)50)38-28(42-30)34-16-18(2)44;;;;/h3-8,13-14,17-18,43-44H,9-12,15-16H2,1-2H3,(H,45,46,47)(H,48,49,50)(H,51,52,53)(H,54,55,56)(H3,31,33,35,37,39,41)(H3,32,34,36,38,40,42);;;;/q;4*+1/p-4. The van der Waals surface area contributed by atoms with E-state index < -0.39 is 74.0 Å². The van der Waals surface area contributed by atoms with Crippen LogP contribution in [-0.2, 0) is 40.5 Å². The van der Waals surface area contributed by atoms with Gasteiger partial charge in [-0.3, -0.25) is 0 Å². The van der Waals surface area contributed by atoms with E-state index >= 15 is 0 Å². The number of aliphatic hydroxyl groups excluding tert-OH is 2. The van der Waals surface area contributed by atoms with Crippen LogP contribution in [0.1, 0.15) is 25.0 Å². The van der Waals surface area contributed by atoms with Crippen molar-refractivity contribution < 1.29 is 180 Å². The number of nitrogens with zero attached hydrogens (tertiary/aromatic N) is 6. The minimum Gasteiger partial charge on any atom is -0.748 e. The molecule has 0 aliphatic heterocycles. The average molecular weight is 1010 g/mol. The van der Waals surface area contributed by atoms with E-state index in [1.165, 1.54) is 38.1 Å². The Morgan fingerprint density at radius 1 is 0.516 bits per heavy atom. The second kappa shape index (κ2) is 27.5. The zero-order valence-electron chi connectivity index (χ0n) is 35.1. The monoisotopic (exact) mass is 1010 g/mol. The first kappa shape index (κ1) is 62.6. The van der Waals surface area contributed by atoms with E-state index in [2.05, 4.69) is 61.8 Å². The molecule has 0 saturated carbocycles. The normalized spacial score (nSPS) is 12.6. The Kier molecular flexibility index (Phi) is 26.9. The molecule has 2 aromatic carbocycles. The topological polar surface area (TPSA) is 419 Å². The third-order valence-electron chi connectivity index (χ3n) is 7.17. The molecule has 0 bridgehead atoms. The van der Waals surface area contributed by atoms with E-state index in [1.807, 2.05) is 0 Å². The first-order valence-electron chi connectivity index (χ1n) is 17.0. The predicted molar refractivity (Wildman–Crippen MR) is 210 cm³/mol. The molecule has 2 aromatic heterocycles. The minimum atomic E-state index is -5.23. The summed E-state index contributed by atoms with van der Waals surface area (Å²) in [5.41, 5.74) is -0.598. The SMILES string of the molecule is CC(O)CNc1nc(NCCS(=O)(=O)[O-])nc(Nc2ccc(C=Cc3ccc(Nc4nc(NCCS(=O)(=O)[O-])nc(NCC(C)O)n4)cc3S(=O)(=O)[O-])c(S(=O)(=O)[O-])c2)n1.[Na+].[Na+].[Na+].[Na+]. The summed E-state index contributed by atoms with van der Waals surface area (Å²) in [4.78, 5) is 22.7. The fraction of sp³-hybridized carbons (Fsp3) is 0.333. The van der Waals surface area contributed by atoms with Crippen LogP contribution in [0.5, 0.6) is 0 Å². The zero-order chi connectivity index (χ0) is 44.5. The van der Waals surface area contributed by atoms with Crippen LogP contribution >= 0.6 is 0 Å². The molecule has 0 fully saturated rings. The first-order chi connectivity index (χ1) is 27.8. The summed E-state index contributed by atoms with van der Waals surface area (Å²) in [5, 5.41) is 35.1. The van der Waals surface area contributed by atoms with Gasteiger partial charge < -0.3 is 60.3 Å². The molecule has 0 aliphatic carbocycles. The minimum absolute atomic E-state index is 0. The maximum atomic E-state index is 12.4. The molecule has 2 heterocycles. The van der Waals surface area contributed by atoms with Crippen molar-refractivity contribution in [1.82, 2.24) is 29.9 Å². The first-order valence-corrected chi connectivity index (χ1v) is 22.9. The Hall–Kier alpha value is -1.44. The molecule has 4 rings (SSSR count). The predicted octanol–water partition coefficient (Wildman–Crippen LogP) is -13.0. The molecular formula is C30H36N12Na4O14S4. The quantitative estimate of drug-likeness (QED) is 0.0206. The second-order valence-corrected chi connectivity index (χ2v) is 18.2. The number of aliphatic hydroxyl groups is 2. The summed E-state index contributed by atoms with van der Waals surface area (Å²) >= 11 is 0. The molecule has 26 nitrogen and oxygen atoms in total. The summed E-state index contributed by atoms with van der Waals surface area (Å²) < 4.78 is 140. The number of nitrogens with one attached hydrogen (secondary N) is 6. The van der Waals surface area contributed by atoms with Crippen molar-refractivity contribution in [3.8, 4) is 0 Å². The molecule has 328 valence electrons. The second-order valence-electron chi connectivity index (χ2n) is 12.4. The number of aromatic nitrogens is 6. The summed E-state index contributed by atoms with van der Waals surface area (Å²) in [5.74, 6) is -2.83. The van der Waals surface area contributed by atoms with Crippen molar-refractivity contribution in [2.45, 2.75) is 35.8 Å². The molecule has 4 aromatic rings. The van der Waals surface area contributed by atoms with Crippen LogP contribution in [0.4, 0.5) is 47.1 Å². The molecule has 0 spiro atoms. The van der Waals surface area contributed by atoms with Crippen molar-refractivity contribution in [2.75, 3.05) is 69.6 Å². The van der Waals surface area contributed by atoms with Gasteiger partial charge in [0.25, 0.3) is 0 Å². The zero-order valence-corrected chi connectivity index (χ0v) is 46.4. The van der Waals surface area contributed by atoms with Crippen molar-refractivity contribution in [3.63, 3.8) is 0 Å². The van der Waals surface area contributed by atoms with Gasteiger partial charge in [-0.25, -0.2) is 33.7 Å². The van der Waals surface area contributed by atoms with E-state index in [9.17, 15) is 62.1 Å². The fourth-order valence-electron chi connectivity index (χ4n) is 4.60. The number of hydrogen-bond donors (Lipinski definition) is 8. The van der Waals surface area contributed by atoms with Gasteiger partial charge in [0.15, 0.2) is 0 Å². The van der Waals surface area contributed by atoms with Crippen molar-refractivity contribution in [2.24, 2.45) is 0 Å². The van der Waals surface area contributed by atoms with Crippen molar-refractivity contribution >= 4 is 99.7 Å². The van der Waals surface area contributed by atoms with Gasteiger partial charge in [-0.15, -0.1) is 0 Å². The molecule has 2 unspecified atom stereocenters. The largest absolute Gasteiger partial charge is 1.00 e. The van der Waals surface area contributed by atoms with Gasteiger partial charge in [0.1, 0.15) is 20.2 Å². The van der Waals surface area contributed by atoms with Gasteiger partial charge in [0.05, 0.1) is 53.7 Å². The maximum Gasteiger partial charge on any atom is 1.00 e. The van der Waals surface area contributed by atoms with E-state index in [0.29, 0.717) is 0 Å². The number of anilines is 8. The van der Waals surface area contributed by atoms with Crippen LogP contribution in [0.2, 0.25) is 0 Å². The van der Waals surface area contributed by atoms with Crippen molar-refractivity contribution in [1.29, 1.82) is 0 Å². The molecule has 64 heavy (non-hydrogen) atoms. The molecule has 8 N–H and O–H groups in total. The summed E-state index contributed by atoms with van der Waals surface area (Å²) in [6, 6.07) is 6.73. The van der Waals surface area contributed by atoms with Gasteiger partial charge in [-0.2, -0.15) is 29.9 Å². The number of hydrogen-bond acceptors (Lipinski definition) is 26. The van der Waals surface area contributed by atoms with Gasteiger partial charge in [-0.05, 0) is 49.2 Å². The molecule has 0 radical (unpaired) electrons. The maximum absolute atomic E-state index is 12.4. The summed E-state index contributed by atoms with van der Waals surface area (Å²) in [7, 11) is -19.6. The molecule has 34 heteroatoms. The van der Waals surface area contributed by atoms with Gasteiger partial charge in [0, 0.05) is 37.6 Å². The van der Waals surface area contributed by atoms with E-state index in [1.54, 1.807) is 0 Å². The van der Waals surface area contributed by atoms with Crippen LogP contribution in [0, 0.1) is 0 Å². The summed E-state index contributed by atoms with van der Waals surface area (Å²) in [6.07, 6.45) is 0.420.